The van der Waals surface area contributed by atoms with Gasteiger partial charge in [-0.2, -0.15) is 0 Å². The zero-order valence-electron chi connectivity index (χ0n) is 13.8. The lowest BCUT2D eigenvalue weighted by molar-refractivity contribution is -0.116. The predicted molar refractivity (Wildman–Crippen MR) is 93.6 cm³/mol. The summed E-state index contributed by atoms with van der Waals surface area (Å²) in [7, 11) is 2.00. The normalized spacial score (nSPS) is 10.4. The Morgan fingerprint density at radius 3 is 2.23 bits per heavy atom. The van der Waals surface area contributed by atoms with E-state index in [0.29, 0.717) is 13.0 Å². The largest absolute Gasteiger partial charge is 0.374 e. The van der Waals surface area contributed by atoms with Crippen molar-refractivity contribution < 1.29 is 4.79 Å². The van der Waals surface area contributed by atoms with E-state index in [1.165, 1.54) is 5.56 Å². The van der Waals surface area contributed by atoms with Crippen LogP contribution >= 0.6 is 0 Å². The average Bonchev–Trinajstić information content (AvgIpc) is 2.49. The first-order valence-electron chi connectivity index (χ1n) is 7.61. The van der Waals surface area contributed by atoms with E-state index in [9.17, 15) is 4.79 Å². The van der Waals surface area contributed by atoms with Crippen molar-refractivity contribution in [1.82, 2.24) is 0 Å². The molecule has 3 nitrogen and oxygen atoms in total. The highest BCUT2D eigenvalue weighted by Crippen LogP contribution is 2.22. The van der Waals surface area contributed by atoms with Gasteiger partial charge in [-0.15, -0.1) is 0 Å². The smallest absolute Gasteiger partial charge is 0.226 e. The molecule has 1 amide bonds. The standard InChI is InChI=1S/C19H24N2O/c1-14-12-15(2)19(16(3)13-14)20-18(22)10-11-21(4)17-8-6-5-7-9-17/h5-9,12-13H,10-11H2,1-4H3,(H,20,22). The Balaban J connectivity index is 1.94. The summed E-state index contributed by atoms with van der Waals surface area (Å²) in [5.74, 6) is 0.0536. The second kappa shape index (κ2) is 7.12. The minimum Gasteiger partial charge on any atom is -0.374 e. The van der Waals surface area contributed by atoms with Crippen molar-refractivity contribution in [2.75, 3.05) is 23.8 Å². The number of para-hydroxylation sites is 1. The molecule has 2 aromatic carbocycles. The molecular formula is C19H24N2O. The van der Waals surface area contributed by atoms with Gasteiger partial charge >= 0.3 is 0 Å². The number of anilines is 2. The second-order valence-electron chi connectivity index (χ2n) is 5.83. The molecule has 0 aliphatic rings. The molecule has 116 valence electrons. The van der Waals surface area contributed by atoms with Gasteiger partial charge in [0, 0.05) is 31.4 Å². The number of aryl methyl sites for hydroxylation is 3. The molecule has 0 saturated heterocycles. The minimum atomic E-state index is 0.0536. The number of hydrogen-bond acceptors (Lipinski definition) is 2. The fourth-order valence-electron chi connectivity index (χ4n) is 2.66. The maximum absolute atomic E-state index is 12.2. The molecule has 0 unspecified atom stereocenters. The number of carbonyl (C=O) groups excluding carboxylic acids is 1. The van der Waals surface area contributed by atoms with E-state index in [-0.39, 0.29) is 5.91 Å². The first-order valence-corrected chi connectivity index (χ1v) is 7.61. The van der Waals surface area contributed by atoms with Crippen LogP contribution in [0.1, 0.15) is 23.1 Å². The van der Waals surface area contributed by atoms with Crippen LogP contribution in [-0.2, 0) is 4.79 Å². The van der Waals surface area contributed by atoms with Gasteiger partial charge in [0.25, 0.3) is 0 Å². The highest BCUT2D eigenvalue weighted by atomic mass is 16.1. The van der Waals surface area contributed by atoms with E-state index in [2.05, 4.69) is 29.3 Å². The van der Waals surface area contributed by atoms with E-state index in [4.69, 9.17) is 0 Å². The lowest BCUT2D eigenvalue weighted by atomic mass is 10.1. The Morgan fingerprint density at radius 2 is 1.64 bits per heavy atom. The monoisotopic (exact) mass is 296 g/mol. The highest BCUT2D eigenvalue weighted by Gasteiger charge is 2.09. The summed E-state index contributed by atoms with van der Waals surface area (Å²) in [6.45, 7) is 6.83. The molecule has 0 heterocycles. The van der Waals surface area contributed by atoms with Crippen LogP contribution in [0.3, 0.4) is 0 Å². The molecule has 0 spiro atoms. The van der Waals surface area contributed by atoms with Crippen molar-refractivity contribution in [3.8, 4) is 0 Å². The summed E-state index contributed by atoms with van der Waals surface area (Å²) < 4.78 is 0. The third-order valence-corrected chi connectivity index (χ3v) is 3.81. The Bertz CT molecular complexity index is 627. The molecule has 0 fully saturated rings. The maximum atomic E-state index is 12.2. The van der Waals surface area contributed by atoms with Crippen LogP contribution in [0.25, 0.3) is 0 Å². The Morgan fingerprint density at radius 1 is 1.05 bits per heavy atom. The van der Waals surface area contributed by atoms with Gasteiger partial charge in [-0.1, -0.05) is 35.9 Å². The van der Waals surface area contributed by atoms with Gasteiger partial charge in [0.2, 0.25) is 5.91 Å². The number of benzene rings is 2. The molecule has 2 rings (SSSR count). The van der Waals surface area contributed by atoms with Crippen LogP contribution in [-0.4, -0.2) is 19.5 Å². The molecule has 0 aliphatic heterocycles. The first kappa shape index (κ1) is 16.1. The molecule has 0 aliphatic carbocycles. The van der Waals surface area contributed by atoms with E-state index >= 15 is 0 Å². The molecule has 22 heavy (non-hydrogen) atoms. The molecular weight excluding hydrogens is 272 g/mol. The molecule has 0 bridgehead atoms. The summed E-state index contributed by atoms with van der Waals surface area (Å²) >= 11 is 0. The fraction of sp³-hybridized carbons (Fsp3) is 0.316. The molecule has 0 atom stereocenters. The van der Waals surface area contributed by atoms with E-state index in [0.717, 1.165) is 22.5 Å². The fourth-order valence-corrected chi connectivity index (χ4v) is 2.66. The van der Waals surface area contributed by atoms with Crippen molar-refractivity contribution in [2.45, 2.75) is 27.2 Å². The first-order chi connectivity index (χ1) is 10.5. The highest BCUT2D eigenvalue weighted by molar-refractivity contribution is 5.92. The lowest BCUT2D eigenvalue weighted by Gasteiger charge is -2.19. The third kappa shape index (κ3) is 4.10. The summed E-state index contributed by atoms with van der Waals surface area (Å²) in [5, 5.41) is 3.05. The predicted octanol–water partition coefficient (Wildman–Crippen LogP) is 4.08. The molecule has 0 aromatic heterocycles. The number of hydrogen-bond donors (Lipinski definition) is 1. The summed E-state index contributed by atoms with van der Waals surface area (Å²) in [5.41, 5.74) is 5.51. The van der Waals surface area contributed by atoms with Crippen LogP contribution in [0.15, 0.2) is 42.5 Å². The molecule has 0 radical (unpaired) electrons. The average molecular weight is 296 g/mol. The number of amides is 1. The van der Waals surface area contributed by atoms with Gasteiger partial charge in [-0.25, -0.2) is 0 Å². The summed E-state index contributed by atoms with van der Waals surface area (Å²) in [4.78, 5) is 14.3. The van der Waals surface area contributed by atoms with Gasteiger partial charge in [0.1, 0.15) is 0 Å². The van der Waals surface area contributed by atoms with Crippen LogP contribution in [0.5, 0.6) is 0 Å². The van der Waals surface area contributed by atoms with Gasteiger partial charge < -0.3 is 10.2 Å². The van der Waals surface area contributed by atoms with Gasteiger partial charge in [-0.3, -0.25) is 4.79 Å². The zero-order valence-corrected chi connectivity index (χ0v) is 13.8. The lowest BCUT2D eigenvalue weighted by Crippen LogP contribution is -2.24. The number of rotatable bonds is 5. The van der Waals surface area contributed by atoms with Crippen molar-refractivity contribution in [2.24, 2.45) is 0 Å². The van der Waals surface area contributed by atoms with Crippen molar-refractivity contribution in [1.29, 1.82) is 0 Å². The van der Waals surface area contributed by atoms with Gasteiger partial charge in [0.15, 0.2) is 0 Å². The molecule has 1 N–H and O–H groups in total. The van der Waals surface area contributed by atoms with Crippen molar-refractivity contribution >= 4 is 17.3 Å². The molecule has 3 heteroatoms. The Hall–Kier alpha value is -2.29. The summed E-state index contributed by atoms with van der Waals surface area (Å²) in [6, 6.07) is 14.3. The van der Waals surface area contributed by atoms with Gasteiger partial charge in [-0.05, 0) is 44.0 Å². The van der Waals surface area contributed by atoms with Crippen LogP contribution in [0.2, 0.25) is 0 Å². The SMILES string of the molecule is Cc1cc(C)c(NC(=O)CCN(C)c2ccccc2)c(C)c1. The van der Waals surface area contributed by atoms with E-state index in [1.54, 1.807) is 0 Å². The van der Waals surface area contributed by atoms with Crippen LogP contribution < -0.4 is 10.2 Å². The van der Waals surface area contributed by atoms with Gasteiger partial charge in [0.05, 0.1) is 0 Å². The number of nitrogens with one attached hydrogen (secondary N) is 1. The van der Waals surface area contributed by atoms with Crippen molar-refractivity contribution in [3.05, 3.63) is 59.2 Å². The van der Waals surface area contributed by atoms with Crippen molar-refractivity contribution in [3.63, 3.8) is 0 Å². The zero-order chi connectivity index (χ0) is 16.1. The van der Waals surface area contributed by atoms with Crippen LogP contribution in [0, 0.1) is 20.8 Å². The minimum absolute atomic E-state index is 0.0536. The molecule has 2 aromatic rings. The quantitative estimate of drug-likeness (QED) is 0.901. The second-order valence-corrected chi connectivity index (χ2v) is 5.83. The Kier molecular flexibility index (Phi) is 5.21. The van der Waals surface area contributed by atoms with Crippen LogP contribution in [0.4, 0.5) is 11.4 Å². The topological polar surface area (TPSA) is 32.3 Å². The maximum Gasteiger partial charge on any atom is 0.226 e. The number of nitrogens with zero attached hydrogens (tertiary/aromatic N) is 1. The summed E-state index contributed by atoms with van der Waals surface area (Å²) in [6.07, 6.45) is 0.470. The third-order valence-electron chi connectivity index (χ3n) is 3.81. The number of carbonyl (C=O) groups is 1. The Labute approximate surface area is 133 Å². The van der Waals surface area contributed by atoms with E-state index in [1.807, 2.05) is 51.2 Å². The van der Waals surface area contributed by atoms with E-state index < -0.39 is 0 Å². The molecule has 0 saturated carbocycles.